The van der Waals surface area contributed by atoms with E-state index in [0.717, 1.165) is 27.6 Å². The highest BCUT2D eigenvalue weighted by atomic mass is 79.9. The van der Waals surface area contributed by atoms with Gasteiger partial charge in [0.1, 0.15) is 0 Å². The molecule has 0 radical (unpaired) electrons. The molecular weight excluding hydrogens is 336 g/mol. The van der Waals surface area contributed by atoms with Crippen LogP contribution in [0.25, 0.3) is 11.3 Å². The summed E-state index contributed by atoms with van der Waals surface area (Å²) < 4.78 is 2.89. The number of nitrogens with zero attached hydrogens (tertiary/aromatic N) is 2. The van der Waals surface area contributed by atoms with Crippen molar-refractivity contribution in [1.29, 1.82) is 0 Å². The van der Waals surface area contributed by atoms with Crippen LogP contribution >= 0.6 is 27.5 Å². The van der Waals surface area contributed by atoms with Crippen molar-refractivity contribution < 1.29 is 0 Å². The molecule has 2 aromatic carbocycles. The van der Waals surface area contributed by atoms with Crippen LogP contribution in [-0.4, -0.2) is 9.55 Å². The average Bonchev–Trinajstić information content (AvgIpc) is 2.81. The quantitative estimate of drug-likeness (QED) is 0.651. The average molecular weight is 348 g/mol. The molecule has 0 saturated heterocycles. The number of rotatable bonds is 3. The molecule has 20 heavy (non-hydrogen) atoms. The summed E-state index contributed by atoms with van der Waals surface area (Å²) in [6.07, 6.45) is 2.03. The van der Waals surface area contributed by atoms with Gasteiger partial charge in [0.2, 0.25) is 0 Å². The Bertz CT molecular complexity index is 722. The molecule has 4 heteroatoms. The number of benzene rings is 2. The maximum absolute atomic E-state index is 6.02. The summed E-state index contributed by atoms with van der Waals surface area (Å²) in [5.74, 6) is 0. The van der Waals surface area contributed by atoms with E-state index >= 15 is 0 Å². The Kier molecular flexibility index (Phi) is 3.90. The fourth-order valence-electron chi connectivity index (χ4n) is 2.07. The Hall–Kier alpha value is -1.58. The van der Waals surface area contributed by atoms with Crippen LogP contribution in [0.2, 0.25) is 5.02 Å². The second-order valence-corrected chi connectivity index (χ2v) is 5.66. The Balaban J connectivity index is 1.91. The minimum absolute atomic E-state index is 0.719. The molecule has 0 spiro atoms. The summed E-state index contributed by atoms with van der Waals surface area (Å²) in [5.41, 5.74) is 3.17. The highest BCUT2D eigenvalue weighted by Crippen LogP contribution is 2.24. The third-order valence-corrected chi connectivity index (χ3v) is 3.91. The van der Waals surface area contributed by atoms with Crippen molar-refractivity contribution in [3.05, 3.63) is 76.1 Å². The molecule has 0 aliphatic heterocycles. The Morgan fingerprint density at radius 2 is 1.85 bits per heavy atom. The first-order valence-electron chi connectivity index (χ1n) is 6.25. The first kappa shape index (κ1) is 13.4. The molecule has 0 unspecified atom stereocenters. The smallest absolute Gasteiger partial charge is 0.177 e. The van der Waals surface area contributed by atoms with Crippen molar-refractivity contribution in [2.75, 3.05) is 0 Å². The van der Waals surface area contributed by atoms with E-state index in [1.807, 2.05) is 48.7 Å². The molecule has 0 amide bonds. The van der Waals surface area contributed by atoms with Gasteiger partial charge < -0.3 is 4.57 Å². The summed E-state index contributed by atoms with van der Waals surface area (Å²) in [4.78, 5) is 4.54. The van der Waals surface area contributed by atoms with E-state index in [9.17, 15) is 0 Å². The van der Waals surface area contributed by atoms with E-state index < -0.39 is 0 Å². The summed E-state index contributed by atoms with van der Waals surface area (Å²) in [6, 6.07) is 18.0. The maximum Gasteiger partial charge on any atom is 0.177 e. The van der Waals surface area contributed by atoms with Crippen molar-refractivity contribution >= 4 is 27.5 Å². The van der Waals surface area contributed by atoms with Crippen molar-refractivity contribution in [2.24, 2.45) is 0 Å². The van der Waals surface area contributed by atoms with Gasteiger partial charge in [-0.15, -0.1) is 0 Å². The second kappa shape index (κ2) is 5.81. The number of aromatic nitrogens is 2. The standard InChI is InChI=1S/C16H12BrClN2/c17-16-19-15(13-7-4-8-14(18)9-13)11-20(16)10-12-5-2-1-3-6-12/h1-9,11H,10H2. The van der Waals surface area contributed by atoms with E-state index in [1.54, 1.807) is 0 Å². The second-order valence-electron chi connectivity index (χ2n) is 4.52. The van der Waals surface area contributed by atoms with Crippen LogP contribution in [0, 0.1) is 0 Å². The van der Waals surface area contributed by atoms with Gasteiger partial charge in [-0.05, 0) is 33.6 Å². The van der Waals surface area contributed by atoms with Crippen molar-refractivity contribution in [3.63, 3.8) is 0 Å². The van der Waals surface area contributed by atoms with Crippen molar-refractivity contribution in [3.8, 4) is 11.3 Å². The topological polar surface area (TPSA) is 17.8 Å². The van der Waals surface area contributed by atoms with E-state index in [-0.39, 0.29) is 0 Å². The van der Waals surface area contributed by atoms with Crippen LogP contribution in [-0.2, 0) is 6.54 Å². The van der Waals surface area contributed by atoms with Gasteiger partial charge >= 0.3 is 0 Å². The molecule has 0 atom stereocenters. The molecule has 3 aromatic rings. The molecule has 0 aliphatic rings. The van der Waals surface area contributed by atoms with E-state index in [4.69, 9.17) is 11.6 Å². The Morgan fingerprint density at radius 1 is 1.05 bits per heavy atom. The van der Waals surface area contributed by atoms with Crippen molar-refractivity contribution in [1.82, 2.24) is 9.55 Å². The predicted molar refractivity (Wildman–Crippen MR) is 85.9 cm³/mol. The lowest BCUT2D eigenvalue weighted by Gasteiger charge is -2.03. The summed E-state index contributed by atoms with van der Waals surface area (Å²) >= 11 is 9.53. The zero-order chi connectivity index (χ0) is 13.9. The molecule has 0 fully saturated rings. The van der Waals surface area contributed by atoms with Gasteiger partial charge in [0, 0.05) is 23.3 Å². The lowest BCUT2D eigenvalue weighted by Crippen LogP contribution is -1.97. The third kappa shape index (κ3) is 2.94. The highest BCUT2D eigenvalue weighted by molar-refractivity contribution is 9.10. The number of hydrogen-bond acceptors (Lipinski definition) is 1. The van der Waals surface area contributed by atoms with Gasteiger partial charge in [0.05, 0.1) is 5.69 Å². The molecule has 0 bridgehead atoms. The Labute approximate surface area is 131 Å². The largest absolute Gasteiger partial charge is 0.321 e. The van der Waals surface area contributed by atoms with Crippen LogP contribution in [0.4, 0.5) is 0 Å². The van der Waals surface area contributed by atoms with Crippen LogP contribution in [0.1, 0.15) is 5.56 Å². The first-order chi connectivity index (χ1) is 9.72. The molecule has 1 heterocycles. The predicted octanol–water partition coefficient (Wildman–Crippen LogP) is 5.01. The molecule has 100 valence electrons. The van der Waals surface area contributed by atoms with Crippen LogP contribution in [0.3, 0.4) is 0 Å². The van der Waals surface area contributed by atoms with Gasteiger partial charge in [0.15, 0.2) is 4.73 Å². The highest BCUT2D eigenvalue weighted by Gasteiger charge is 2.08. The fourth-order valence-corrected chi connectivity index (χ4v) is 2.68. The van der Waals surface area contributed by atoms with Crippen LogP contribution in [0.15, 0.2) is 65.5 Å². The summed E-state index contributed by atoms with van der Waals surface area (Å²) in [6.45, 7) is 0.787. The lowest BCUT2D eigenvalue weighted by molar-refractivity contribution is 0.775. The van der Waals surface area contributed by atoms with E-state index in [0.29, 0.717) is 0 Å². The van der Waals surface area contributed by atoms with Gasteiger partial charge in [-0.3, -0.25) is 0 Å². The van der Waals surface area contributed by atoms with Crippen LogP contribution < -0.4 is 0 Å². The minimum atomic E-state index is 0.719. The third-order valence-electron chi connectivity index (χ3n) is 3.04. The molecule has 0 N–H and O–H groups in total. The maximum atomic E-state index is 6.02. The van der Waals surface area contributed by atoms with E-state index in [2.05, 4.69) is 37.6 Å². The molecule has 3 rings (SSSR count). The number of imidazole rings is 1. The SMILES string of the molecule is Clc1cccc(-c2cn(Cc3ccccc3)c(Br)n2)c1. The lowest BCUT2D eigenvalue weighted by atomic mass is 10.2. The fraction of sp³-hybridized carbons (Fsp3) is 0.0625. The van der Waals surface area contributed by atoms with Gasteiger partial charge in [-0.25, -0.2) is 4.98 Å². The number of hydrogen-bond donors (Lipinski definition) is 0. The monoisotopic (exact) mass is 346 g/mol. The summed E-state index contributed by atoms with van der Waals surface area (Å²) in [7, 11) is 0. The zero-order valence-electron chi connectivity index (χ0n) is 10.6. The Morgan fingerprint density at radius 3 is 2.60 bits per heavy atom. The van der Waals surface area contributed by atoms with Crippen LogP contribution in [0.5, 0.6) is 0 Å². The molecule has 0 saturated carbocycles. The first-order valence-corrected chi connectivity index (χ1v) is 7.42. The van der Waals surface area contributed by atoms with Gasteiger partial charge in [0.25, 0.3) is 0 Å². The van der Waals surface area contributed by atoms with Gasteiger partial charge in [-0.1, -0.05) is 54.1 Å². The molecular formula is C16H12BrClN2. The normalized spacial score (nSPS) is 10.7. The van der Waals surface area contributed by atoms with Gasteiger partial charge in [-0.2, -0.15) is 0 Å². The minimum Gasteiger partial charge on any atom is -0.321 e. The van der Waals surface area contributed by atoms with Crippen molar-refractivity contribution in [2.45, 2.75) is 6.54 Å². The molecule has 1 aromatic heterocycles. The van der Waals surface area contributed by atoms with E-state index in [1.165, 1.54) is 5.56 Å². The number of halogens is 2. The summed E-state index contributed by atoms with van der Waals surface area (Å²) in [5, 5.41) is 0.719. The molecule has 0 aliphatic carbocycles. The zero-order valence-corrected chi connectivity index (χ0v) is 13.0. The molecule has 2 nitrogen and oxygen atoms in total.